The molecule has 1 aliphatic rings. The Kier molecular flexibility index (Phi) is 4.34. The van der Waals surface area contributed by atoms with Gasteiger partial charge in [-0.25, -0.2) is 8.42 Å². The van der Waals surface area contributed by atoms with Crippen molar-refractivity contribution in [2.75, 3.05) is 11.5 Å². The predicted molar refractivity (Wildman–Crippen MR) is 57.4 cm³/mol. The summed E-state index contributed by atoms with van der Waals surface area (Å²) in [6.07, 6.45) is 4.06. The van der Waals surface area contributed by atoms with Crippen molar-refractivity contribution in [1.29, 1.82) is 0 Å². The maximum atomic E-state index is 11.2. The van der Waals surface area contributed by atoms with Crippen LogP contribution >= 0.6 is 0 Å². The number of hydrazine groups is 1. The SMILES string of the molecule is CCS(=O)(=O)CCCC(NN)C1CC1. The molecule has 1 unspecified atom stereocenters. The second-order valence-corrected chi connectivity index (χ2v) is 6.46. The Hall–Kier alpha value is -0.130. The van der Waals surface area contributed by atoms with Gasteiger partial charge < -0.3 is 0 Å². The van der Waals surface area contributed by atoms with Gasteiger partial charge in [-0.15, -0.1) is 0 Å². The lowest BCUT2D eigenvalue weighted by atomic mass is 10.1. The molecule has 1 rings (SSSR count). The zero-order chi connectivity index (χ0) is 10.6. The van der Waals surface area contributed by atoms with Crippen LogP contribution in [0.5, 0.6) is 0 Å². The molecule has 0 radical (unpaired) electrons. The molecule has 0 spiro atoms. The van der Waals surface area contributed by atoms with Crippen molar-refractivity contribution in [1.82, 2.24) is 5.43 Å². The Morgan fingerprint density at radius 3 is 2.57 bits per heavy atom. The van der Waals surface area contributed by atoms with Crippen LogP contribution in [0.4, 0.5) is 0 Å². The van der Waals surface area contributed by atoms with Crippen LogP contribution in [-0.4, -0.2) is 26.0 Å². The molecule has 1 fully saturated rings. The number of hydrogen-bond acceptors (Lipinski definition) is 4. The summed E-state index contributed by atoms with van der Waals surface area (Å²) in [5.74, 6) is 6.63. The first-order chi connectivity index (χ1) is 6.59. The second-order valence-electron chi connectivity index (χ2n) is 3.99. The lowest BCUT2D eigenvalue weighted by Crippen LogP contribution is -2.37. The molecule has 0 aliphatic heterocycles. The summed E-state index contributed by atoms with van der Waals surface area (Å²) in [6.45, 7) is 1.69. The Morgan fingerprint density at radius 1 is 1.50 bits per heavy atom. The fourth-order valence-electron chi connectivity index (χ4n) is 1.62. The van der Waals surface area contributed by atoms with Gasteiger partial charge in [-0.3, -0.25) is 11.3 Å². The van der Waals surface area contributed by atoms with Gasteiger partial charge in [-0.2, -0.15) is 0 Å². The topological polar surface area (TPSA) is 72.2 Å². The second kappa shape index (κ2) is 5.09. The third kappa shape index (κ3) is 3.94. The Bertz CT molecular complexity index is 260. The number of nitrogens with two attached hydrogens (primary N) is 1. The van der Waals surface area contributed by atoms with Crippen molar-refractivity contribution in [3.63, 3.8) is 0 Å². The minimum absolute atomic E-state index is 0.247. The summed E-state index contributed by atoms with van der Waals surface area (Å²) in [7, 11) is -2.80. The molecule has 0 bridgehead atoms. The van der Waals surface area contributed by atoms with Crippen LogP contribution in [0.25, 0.3) is 0 Å². The van der Waals surface area contributed by atoms with Crippen molar-refractivity contribution < 1.29 is 8.42 Å². The van der Waals surface area contributed by atoms with Crippen molar-refractivity contribution >= 4 is 9.84 Å². The van der Waals surface area contributed by atoms with Crippen LogP contribution in [-0.2, 0) is 9.84 Å². The minimum atomic E-state index is -2.80. The first-order valence-corrected chi connectivity index (χ1v) is 7.07. The first-order valence-electron chi connectivity index (χ1n) is 5.25. The van der Waals surface area contributed by atoms with E-state index >= 15 is 0 Å². The van der Waals surface area contributed by atoms with Gasteiger partial charge in [0.05, 0.1) is 5.75 Å². The predicted octanol–water partition coefficient (Wildman–Crippen LogP) is 0.443. The average molecular weight is 220 g/mol. The smallest absolute Gasteiger partial charge is 0.150 e. The Balaban J connectivity index is 2.19. The highest BCUT2D eigenvalue weighted by Gasteiger charge is 2.30. The van der Waals surface area contributed by atoms with Crippen molar-refractivity contribution in [3.8, 4) is 0 Å². The summed E-state index contributed by atoms with van der Waals surface area (Å²) >= 11 is 0. The van der Waals surface area contributed by atoms with Crippen LogP contribution in [0.3, 0.4) is 0 Å². The molecule has 14 heavy (non-hydrogen) atoms. The lowest BCUT2D eigenvalue weighted by Gasteiger charge is -2.14. The average Bonchev–Trinajstić information content (AvgIpc) is 2.96. The largest absolute Gasteiger partial charge is 0.271 e. The van der Waals surface area contributed by atoms with Crippen molar-refractivity contribution in [2.24, 2.45) is 11.8 Å². The summed E-state index contributed by atoms with van der Waals surface area (Å²) in [5, 5.41) is 0. The van der Waals surface area contributed by atoms with Gasteiger partial charge in [-0.05, 0) is 31.6 Å². The van der Waals surface area contributed by atoms with E-state index in [1.54, 1.807) is 6.92 Å². The highest BCUT2D eigenvalue weighted by atomic mass is 32.2. The Morgan fingerprint density at radius 2 is 2.14 bits per heavy atom. The molecule has 0 amide bonds. The van der Waals surface area contributed by atoms with Crippen molar-refractivity contribution in [3.05, 3.63) is 0 Å². The summed E-state index contributed by atoms with van der Waals surface area (Å²) in [6, 6.07) is 0.321. The number of nitrogens with one attached hydrogen (secondary N) is 1. The third-order valence-corrected chi connectivity index (χ3v) is 4.61. The van der Waals surface area contributed by atoms with Crippen LogP contribution in [0, 0.1) is 5.92 Å². The van der Waals surface area contributed by atoms with Gasteiger partial charge in [0.25, 0.3) is 0 Å². The van der Waals surface area contributed by atoms with E-state index in [2.05, 4.69) is 5.43 Å². The molecule has 1 atom stereocenters. The molecule has 3 N–H and O–H groups in total. The molecule has 5 heteroatoms. The first kappa shape index (κ1) is 11.9. The van der Waals surface area contributed by atoms with E-state index in [9.17, 15) is 8.42 Å². The molecule has 0 saturated heterocycles. The summed E-state index contributed by atoms with van der Waals surface area (Å²) in [4.78, 5) is 0. The number of sulfone groups is 1. The van der Waals surface area contributed by atoms with Gasteiger partial charge in [0.2, 0.25) is 0 Å². The van der Waals surface area contributed by atoms with E-state index in [-0.39, 0.29) is 5.75 Å². The highest BCUT2D eigenvalue weighted by molar-refractivity contribution is 7.91. The van der Waals surface area contributed by atoms with Gasteiger partial charge >= 0.3 is 0 Å². The van der Waals surface area contributed by atoms with Crippen LogP contribution in [0.2, 0.25) is 0 Å². The minimum Gasteiger partial charge on any atom is -0.271 e. The summed E-state index contributed by atoms with van der Waals surface area (Å²) in [5.41, 5.74) is 2.77. The van der Waals surface area contributed by atoms with E-state index in [4.69, 9.17) is 5.84 Å². The van der Waals surface area contributed by atoms with E-state index < -0.39 is 9.84 Å². The molecule has 1 aliphatic carbocycles. The van der Waals surface area contributed by atoms with E-state index in [0.717, 1.165) is 12.8 Å². The zero-order valence-electron chi connectivity index (χ0n) is 8.70. The van der Waals surface area contributed by atoms with Gasteiger partial charge in [0.15, 0.2) is 0 Å². The quantitative estimate of drug-likeness (QED) is 0.482. The Labute approximate surface area is 86.1 Å². The van der Waals surface area contributed by atoms with Crippen molar-refractivity contribution in [2.45, 2.75) is 38.6 Å². The zero-order valence-corrected chi connectivity index (χ0v) is 9.52. The fraction of sp³-hybridized carbons (Fsp3) is 1.00. The fourth-order valence-corrected chi connectivity index (χ4v) is 2.52. The normalized spacial score (nSPS) is 19.6. The standard InChI is InChI=1S/C9H20N2O2S/c1-2-14(12,13)7-3-4-9(11-10)8-5-6-8/h8-9,11H,2-7,10H2,1H3. The molecule has 0 heterocycles. The molecule has 0 aromatic heterocycles. The summed E-state index contributed by atoms with van der Waals surface area (Å²) < 4.78 is 22.4. The monoisotopic (exact) mass is 220 g/mol. The highest BCUT2D eigenvalue weighted by Crippen LogP contribution is 2.34. The number of hydrogen-bond donors (Lipinski definition) is 2. The molecule has 1 saturated carbocycles. The number of rotatable bonds is 7. The molecular formula is C9H20N2O2S. The molecule has 0 aromatic carbocycles. The molecule has 84 valence electrons. The van der Waals surface area contributed by atoms with E-state index in [1.807, 2.05) is 0 Å². The van der Waals surface area contributed by atoms with Crippen LogP contribution in [0.15, 0.2) is 0 Å². The molecular weight excluding hydrogens is 200 g/mol. The lowest BCUT2D eigenvalue weighted by molar-refractivity contribution is 0.441. The van der Waals surface area contributed by atoms with E-state index in [1.165, 1.54) is 12.8 Å². The van der Waals surface area contributed by atoms with Gasteiger partial charge in [-0.1, -0.05) is 6.92 Å². The maximum Gasteiger partial charge on any atom is 0.150 e. The van der Waals surface area contributed by atoms with Gasteiger partial charge in [0.1, 0.15) is 9.84 Å². The van der Waals surface area contributed by atoms with Gasteiger partial charge in [0, 0.05) is 11.8 Å². The molecule has 4 nitrogen and oxygen atoms in total. The van der Waals surface area contributed by atoms with Crippen LogP contribution in [0.1, 0.15) is 32.6 Å². The third-order valence-electron chi connectivity index (χ3n) is 2.82. The van der Waals surface area contributed by atoms with E-state index in [0.29, 0.717) is 17.7 Å². The van der Waals surface area contributed by atoms with Crippen LogP contribution < -0.4 is 11.3 Å². The molecule has 0 aromatic rings. The maximum absolute atomic E-state index is 11.2.